The molecule has 0 saturated carbocycles. The Morgan fingerprint density at radius 1 is 0.541 bits per heavy atom. The lowest BCUT2D eigenvalue weighted by molar-refractivity contribution is 0.101. The number of hydrogen-bond acceptors (Lipinski definition) is 2. The van der Waals surface area contributed by atoms with E-state index in [1.54, 1.807) is 0 Å². The average Bonchev–Trinajstić information content (AvgIpc) is 2.86. The summed E-state index contributed by atoms with van der Waals surface area (Å²) in [4.78, 5) is 25.6. The van der Waals surface area contributed by atoms with E-state index in [0.717, 1.165) is 50.3 Å². The van der Waals surface area contributed by atoms with Gasteiger partial charge in [0.2, 0.25) is 0 Å². The smallest absolute Gasteiger partial charge is 0.256 e. The van der Waals surface area contributed by atoms with Gasteiger partial charge in [-0.1, -0.05) is 24.3 Å². The van der Waals surface area contributed by atoms with Crippen molar-refractivity contribution in [3.63, 3.8) is 0 Å². The quantitative estimate of drug-likeness (QED) is 0.150. The maximum absolute atomic E-state index is 12.8. The van der Waals surface area contributed by atoms with E-state index in [-0.39, 0.29) is 11.8 Å². The molecule has 4 rings (SSSR count). The highest BCUT2D eigenvalue weighted by Crippen LogP contribution is 2.25. The minimum absolute atomic E-state index is 0.110. The molecule has 0 atom stereocenters. The lowest BCUT2D eigenvalue weighted by Crippen LogP contribution is -2.14. The number of anilines is 2. The highest BCUT2D eigenvalue weighted by Gasteiger charge is 2.15. The van der Waals surface area contributed by atoms with Crippen LogP contribution in [0.5, 0.6) is 0 Å². The van der Waals surface area contributed by atoms with Crippen molar-refractivity contribution in [2.24, 2.45) is 0 Å². The summed E-state index contributed by atoms with van der Waals surface area (Å²) in [6.07, 6.45) is 0.752. The van der Waals surface area contributed by atoms with Gasteiger partial charge in [-0.05, 0) is 202 Å². The summed E-state index contributed by atoms with van der Waals surface area (Å²) >= 11 is 13.4. The molecule has 0 saturated heterocycles. The van der Waals surface area contributed by atoms with Gasteiger partial charge in [0.05, 0.1) is 11.1 Å². The number of benzene rings is 4. The standard InChI is InChI=1S/C27H16I6N2O2/c28-16-10-20(24(32)22(30)12-16)26(36)34-18-5-1-14(2-6-18)9-15-3-7-19(8-4-15)35-27(37)21-11-17(29)13-23(31)25(21)33/h1-8,10-13H,9H2,(H,34,36)(H,35,37). The molecule has 2 N–H and O–H groups in total. The summed E-state index contributed by atoms with van der Waals surface area (Å²) < 4.78 is 6.11. The first-order valence-electron chi connectivity index (χ1n) is 10.7. The summed E-state index contributed by atoms with van der Waals surface area (Å²) in [6, 6.07) is 23.7. The van der Waals surface area contributed by atoms with E-state index in [1.165, 1.54) is 0 Å². The van der Waals surface area contributed by atoms with Gasteiger partial charge in [0.25, 0.3) is 11.8 Å². The van der Waals surface area contributed by atoms with Crippen LogP contribution in [0.2, 0.25) is 0 Å². The van der Waals surface area contributed by atoms with E-state index in [1.807, 2.05) is 60.7 Å². The molecular formula is C27H16I6N2O2. The molecule has 188 valence electrons. The molecule has 0 radical (unpaired) electrons. The van der Waals surface area contributed by atoms with Gasteiger partial charge >= 0.3 is 0 Å². The second-order valence-corrected chi connectivity index (χ2v) is 15.0. The van der Waals surface area contributed by atoms with Crippen molar-refractivity contribution in [2.45, 2.75) is 6.42 Å². The topological polar surface area (TPSA) is 58.2 Å². The molecular weight excluding hydrogens is 1150 g/mol. The Kier molecular flexibility index (Phi) is 11.2. The Morgan fingerprint density at radius 3 is 1.24 bits per heavy atom. The lowest BCUT2D eigenvalue weighted by Gasteiger charge is -2.11. The summed E-state index contributed by atoms with van der Waals surface area (Å²) in [7, 11) is 0. The summed E-state index contributed by atoms with van der Waals surface area (Å²) in [5.41, 5.74) is 5.15. The van der Waals surface area contributed by atoms with Gasteiger partial charge in [0.1, 0.15) is 0 Å². The molecule has 0 bridgehead atoms. The molecule has 37 heavy (non-hydrogen) atoms. The number of carbonyl (C=O) groups is 2. The Hall–Kier alpha value is 0.200. The van der Waals surface area contributed by atoms with E-state index in [4.69, 9.17) is 0 Å². The van der Waals surface area contributed by atoms with E-state index >= 15 is 0 Å². The number of hydrogen-bond donors (Lipinski definition) is 2. The molecule has 0 unspecified atom stereocenters. The zero-order chi connectivity index (χ0) is 26.7. The van der Waals surface area contributed by atoms with Crippen LogP contribution in [0.15, 0.2) is 72.8 Å². The monoisotopic (exact) mass is 1160 g/mol. The summed E-state index contributed by atoms with van der Waals surface area (Å²) in [5, 5.41) is 6.00. The Bertz CT molecular complexity index is 1380. The van der Waals surface area contributed by atoms with Crippen molar-refractivity contribution in [3.8, 4) is 0 Å². The fourth-order valence-electron chi connectivity index (χ4n) is 3.49. The van der Waals surface area contributed by atoms with Gasteiger partial charge in [-0.2, -0.15) is 0 Å². The number of halogens is 6. The minimum atomic E-state index is -0.110. The third-order valence-corrected chi connectivity index (χ3v) is 12.6. The molecule has 4 nitrogen and oxygen atoms in total. The summed E-state index contributed by atoms with van der Waals surface area (Å²) in [6.45, 7) is 0. The van der Waals surface area contributed by atoms with Gasteiger partial charge in [-0.3, -0.25) is 9.59 Å². The predicted molar refractivity (Wildman–Crippen MR) is 201 cm³/mol. The van der Waals surface area contributed by atoms with Crippen molar-refractivity contribution in [3.05, 3.63) is 116 Å². The molecule has 0 aliphatic heterocycles. The highest BCUT2D eigenvalue weighted by atomic mass is 127. The van der Waals surface area contributed by atoms with Crippen molar-refractivity contribution in [1.29, 1.82) is 0 Å². The van der Waals surface area contributed by atoms with E-state index < -0.39 is 0 Å². The second-order valence-electron chi connectivity index (χ2n) is 7.98. The van der Waals surface area contributed by atoms with E-state index in [0.29, 0.717) is 11.1 Å². The van der Waals surface area contributed by atoms with Crippen LogP contribution in [-0.2, 0) is 6.42 Å². The van der Waals surface area contributed by atoms with Crippen LogP contribution in [0, 0.1) is 21.4 Å². The lowest BCUT2D eigenvalue weighted by atomic mass is 10.0. The number of nitrogens with one attached hydrogen (secondary N) is 2. The van der Waals surface area contributed by atoms with Crippen molar-refractivity contribution >= 4 is 159 Å². The van der Waals surface area contributed by atoms with Crippen LogP contribution in [-0.4, -0.2) is 11.8 Å². The molecule has 0 aliphatic carbocycles. The third kappa shape index (κ3) is 8.12. The maximum atomic E-state index is 12.8. The van der Waals surface area contributed by atoms with Gasteiger partial charge in [0, 0.05) is 32.8 Å². The second kappa shape index (κ2) is 13.7. The molecule has 4 aromatic rings. The van der Waals surface area contributed by atoms with Crippen LogP contribution in [0.25, 0.3) is 0 Å². The van der Waals surface area contributed by atoms with Crippen LogP contribution in [0.1, 0.15) is 31.8 Å². The third-order valence-electron chi connectivity index (χ3n) is 5.31. The zero-order valence-electron chi connectivity index (χ0n) is 18.7. The number of amides is 2. The average molecular weight is 1160 g/mol. The fraction of sp³-hybridized carbons (Fsp3) is 0.0370. The first kappa shape index (κ1) is 30.2. The largest absolute Gasteiger partial charge is 0.322 e. The van der Waals surface area contributed by atoms with Gasteiger partial charge in [-0.25, -0.2) is 0 Å². The molecule has 0 fully saturated rings. The number of rotatable bonds is 6. The molecule has 4 aromatic carbocycles. The number of carbonyl (C=O) groups excluding carboxylic acids is 2. The predicted octanol–water partition coefficient (Wildman–Crippen LogP) is 9.41. The zero-order valence-corrected chi connectivity index (χ0v) is 31.7. The van der Waals surface area contributed by atoms with Crippen molar-refractivity contribution in [2.75, 3.05) is 10.6 Å². The van der Waals surface area contributed by atoms with Crippen molar-refractivity contribution < 1.29 is 9.59 Å². The molecule has 10 heteroatoms. The van der Waals surface area contributed by atoms with Gasteiger partial charge in [-0.15, -0.1) is 0 Å². The van der Waals surface area contributed by atoms with Gasteiger partial charge in [0.15, 0.2) is 0 Å². The highest BCUT2D eigenvalue weighted by molar-refractivity contribution is 14.1. The normalized spacial score (nSPS) is 10.8. The van der Waals surface area contributed by atoms with Crippen LogP contribution >= 0.6 is 136 Å². The van der Waals surface area contributed by atoms with Gasteiger partial charge < -0.3 is 10.6 Å². The maximum Gasteiger partial charge on any atom is 0.256 e. The molecule has 2 amide bonds. The van der Waals surface area contributed by atoms with Crippen LogP contribution in [0.3, 0.4) is 0 Å². The van der Waals surface area contributed by atoms with Crippen LogP contribution < -0.4 is 10.6 Å². The van der Waals surface area contributed by atoms with E-state index in [9.17, 15) is 9.59 Å². The van der Waals surface area contributed by atoms with E-state index in [2.05, 4.69) is 158 Å². The Balaban J connectivity index is 1.38. The molecule has 0 aromatic heterocycles. The SMILES string of the molecule is O=C(Nc1ccc(Cc2ccc(NC(=O)c3cc(I)cc(I)c3I)cc2)cc1)c1cc(I)cc(I)c1I. The molecule has 0 aliphatic rings. The Labute approximate surface area is 297 Å². The fourth-order valence-corrected chi connectivity index (χ4v) is 8.29. The van der Waals surface area contributed by atoms with Crippen LogP contribution in [0.4, 0.5) is 11.4 Å². The molecule has 0 heterocycles. The first-order chi connectivity index (χ1) is 17.6. The first-order valence-corrected chi connectivity index (χ1v) is 17.2. The van der Waals surface area contributed by atoms with Crippen molar-refractivity contribution in [1.82, 2.24) is 0 Å². The minimum Gasteiger partial charge on any atom is -0.322 e. The Morgan fingerprint density at radius 2 is 0.892 bits per heavy atom. The summed E-state index contributed by atoms with van der Waals surface area (Å²) in [5.74, 6) is -0.221. The molecule has 0 spiro atoms.